The smallest absolute Gasteiger partial charge is 0.338 e. The lowest BCUT2D eigenvalue weighted by Gasteiger charge is -2.55. The summed E-state index contributed by atoms with van der Waals surface area (Å²) in [7, 11) is 0. The lowest BCUT2D eigenvalue weighted by molar-refractivity contribution is -1.08. The molecule has 0 radical (unpaired) electrons. The molecule has 6 heteroatoms. The molecule has 3 aliphatic heterocycles. The molecule has 1 aromatic carbocycles. The number of quaternary nitrogens is 2. The Morgan fingerprint density at radius 2 is 1.57 bits per heavy atom. The molecule has 1 aromatic rings. The van der Waals surface area contributed by atoms with Crippen molar-refractivity contribution in [2.75, 3.05) is 45.8 Å². The van der Waals surface area contributed by atoms with Crippen molar-refractivity contribution in [1.29, 1.82) is 0 Å². The second-order valence-electron chi connectivity index (χ2n) is 9.88. The fourth-order valence-corrected chi connectivity index (χ4v) is 4.37. The first-order chi connectivity index (χ1) is 13.0. The Bertz CT molecular complexity index is 729. The van der Waals surface area contributed by atoms with Crippen LogP contribution in [0.3, 0.4) is 0 Å². The summed E-state index contributed by atoms with van der Waals surface area (Å²) in [4.78, 5) is 24.3. The average Bonchev–Trinajstić information content (AvgIpc) is 2.62. The lowest BCUT2D eigenvalue weighted by atomic mass is 9.90. The minimum absolute atomic E-state index is 0.0895. The Morgan fingerprint density at radius 1 is 1.04 bits per heavy atom. The minimum Gasteiger partial charge on any atom is -0.459 e. The van der Waals surface area contributed by atoms with Crippen LogP contribution in [0.4, 0.5) is 0 Å². The van der Waals surface area contributed by atoms with Crippen molar-refractivity contribution in [3.63, 3.8) is 0 Å². The highest BCUT2D eigenvalue weighted by Crippen LogP contribution is 2.30. The Balaban J connectivity index is 1.73. The molecule has 4 rings (SSSR count). The van der Waals surface area contributed by atoms with Crippen molar-refractivity contribution in [2.45, 2.75) is 40.3 Å². The molecule has 28 heavy (non-hydrogen) atoms. The highest BCUT2D eigenvalue weighted by molar-refractivity contribution is 5.91. The Kier molecular flexibility index (Phi) is 5.56. The van der Waals surface area contributed by atoms with Gasteiger partial charge in [-0.2, -0.15) is 0 Å². The van der Waals surface area contributed by atoms with Gasteiger partial charge in [-0.25, -0.2) is 4.79 Å². The van der Waals surface area contributed by atoms with Crippen LogP contribution >= 0.6 is 0 Å². The van der Waals surface area contributed by atoms with Gasteiger partial charge in [-0.05, 0) is 18.4 Å². The van der Waals surface area contributed by atoms with Gasteiger partial charge < -0.3 is 19.4 Å². The largest absolute Gasteiger partial charge is 0.459 e. The highest BCUT2D eigenvalue weighted by Gasteiger charge is 2.49. The number of rotatable bonds is 6. The SMILES string of the molecule is C[C@@H](OC(=O)c1ccccc1C[N+]12CC[N+](CC(N)=O)(CC1)CC2)C(C)(C)C. The molecule has 0 unspecified atom stereocenters. The van der Waals surface area contributed by atoms with Crippen LogP contribution in [0.25, 0.3) is 0 Å². The zero-order chi connectivity index (χ0) is 20.6. The molecule has 2 bridgehead atoms. The van der Waals surface area contributed by atoms with Gasteiger partial charge in [0.25, 0.3) is 5.91 Å². The molecule has 3 fully saturated rings. The van der Waals surface area contributed by atoms with Crippen LogP contribution in [0.5, 0.6) is 0 Å². The number of esters is 1. The number of fused-ring (bicyclic) bond motifs is 3. The van der Waals surface area contributed by atoms with Crippen LogP contribution in [0.2, 0.25) is 0 Å². The molecular formula is C22H35N3O3+2. The summed E-state index contributed by atoms with van der Waals surface area (Å²) in [6.45, 7) is 15.5. The molecule has 1 atom stereocenters. The van der Waals surface area contributed by atoms with Gasteiger partial charge >= 0.3 is 5.97 Å². The van der Waals surface area contributed by atoms with E-state index in [1.807, 2.05) is 25.1 Å². The third-order valence-corrected chi connectivity index (χ3v) is 6.88. The number of amides is 1. The molecule has 0 aliphatic carbocycles. The zero-order valence-corrected chi connectivity index (χ0v) is 17.7. The number of hydrogen-bond donors (Lipinski definition) is 1. The van der Waals surface area contributed by atoms with Gasteiger partial charge in [-0.3, -0.25) is 4.79 Å². The van der Waals surface area contributed by atoms with E-state index in [1.54, 1.807) is 0 Å². The van der Waals surface area contributed by atoms with Crippen LogP contribution in [-0.4, -0.2) is 72.8 Å². The van der Waals surface area contributed by atoms with Crippen LogP contribution in [0.1, 0.15) is 43.6 Å². The molecule has 0 spiro atoms. The van der Waals surface area contributed by atoms with Gasteiger partial charge in [-0.1, -0.05) is 39.0 Å². The average molecular weight is 390 g/mol. The van der Waals surface area contributed by atoms with Gasteiger partial charge in [0.05, 0.1) is 5.56 Å². The fraction of sp³-hybridized carbons (Fsp3) is 0.636. The maximum atomic E-state index is 12.9. The maximum absolute atomic E-state index is 12.9. The number of nitrogens with zero attached hydrogens (tertiary/aromatic N) is 2. The summed E-state index contributed by atoms with van der Waals surface area (Å²) in [5.41, 5.74) is 7.12. The van der Waals surface area contributed by atoms with E-state index in [-0.39, 0.29) is 23.4 Å². The predicted molar refractivity (Wildman–Crippen MR) is 108 cm³/mol. The number of carbonyl (C=O) groups excluding carboxylic acids is 2. The quantitative estimate of drug-likeness (QED) is 0.597. The van der Waals surface area contributed by atoms with Crippen molar-refractivity contribution in [3.8, 4) is 0 Å². The number of piperazine rings is 3. The standard InChI is InChI=1S/C22H34N3O3/c1-17(22(2,3)4)28-21(27)19-8-6-5-7-18(19)15-24-9-12-25(13-10-24,14-11-24)16-20(23)26/h5-8,17H,9-16H2,1-4H3,(H-,23,26)/q+1/p+1/t17-,24?,25?/m1/s1. The maximum Gasteiger partial charge on any atom is 0.338 e. The highest BCUT2D eigenvalue weighted by atomic mass is 16.5. The van der Waals surface area contributed by atoms with E-state index in [9.17, 15) is 9.59 Å². The predicted octanol–water partition coefficient (Wildman–Crippen LogP) is 1.92. The first-order valence-electron chi connectivity index (χ1n) is 10.3. The number of primary amides is 1. The molecule has 3 heterocycles. The number of ether oxygens (including phenoxy) is 1. The monoisotopic (exact) mass is 389 g/mol. The van der Waals surface area contributed by atoms with Crippen molar-refractivity contribution in [3.05, 3.63) is 35.4 Å². The van der Waals surface area contributed by atoms with E-state index in [0.29, 0.717) is 12.1 Å². The third kappa shape index (κ3) is 4.39. The molecule has 154 valence electrons. The van der Waals surface area contributed by atoms with Crippen molar-refractivity contribution >= 4 is 11.9 Å². The molecule has 1 amide bonds. The molecule has 6 nitrogen and oxygen atoms in total. The Labute approximate surface area is 168 Å². The molecule has 2 N–H and O–H groups in total. The van der Waals surface area contributed by atoms with Crippen LogP contribution < -0.4 is 5.73 Å². The summed E-state index contributed by atoms with van der Waals surface area (Å²) in [5, 5.41) is 0. The Hall–Kier alpha value is -1.92. The first kappa shape index (κ1) is 20.8. The number of nitrogens with two attached hydrogens (primary N) is 1. The third-order valence-electron chi connectivity index (χ3n) is 6.88. The zero-order valence-electron chi connectivity index (χ0n) is 17.7. The second kappa shape index (κ2) is 7.48. The topological polar surface area (TPSA) is 69.4 Å². The second-order valence-corrected chi connectivity index (χ2v) is 9.88. The van der Waals surface area contributed by atoms with Gasteiger partial charge in [-0.15, -0.1) is 0 Å². The fourth-order valence-electron chi connectivity index (χ4n) is 4.37. The first-order valence-corrected chi connectivity index (χ1v) is 10.3. The molecular weight excluding hydrogens is 354 g/mol. The van der Waals surface area contributed by atoms with Gasteiger partial charge in [0.1, 0.15) is 51.9 Å². The van der Waals surface area contributed by atoms with Crippen molar-refractivity contribution in [2.24, 2.45) is 11.1 Å². The van der Waals surface area contributed by atoms with E-state index in [4.69, 9.17) is 10.5 Å². The summed E-state index contributed by atoms with van der Waals surface area (Å²) in [6, 6.07) is 7.84. The lowest BCUT2D eigenvalue weighted by Crippen LogP contribution is -2.75. The van der Waals surface area contributed by atoms with E-state index in [2.05, 4.69) is 26.8 Å². The Morgan fingerprint density at radius 3 is 2.11 bits per heavy atom. The normalized spacial score (nSPS) is 28.0. The van der Waals surface area contributed by atoms with E-state index in [0.717, 1.165) is 60.3 Å². The van der Waals surface area contributed by atoms with Crippen LogP contribution in [-0.2, 0) is 16.1 Å². The van der Waals surface area contributed by atoms with Gasteiger partial charge in [0, 0.05) is 5.56 Å². The molecule has 0 saturated carbocycles. The molecule has 3 saturated heterocycles. The van der Waals surface area contributed by atoms with E-state index < -0.39 is 0 Å². The molecule has 3 aliphatic rings. The van der Waals surface area contributed by atoms with Gasteiger partial charge in [0.2, 0.25) is 0 Å². The number of benzene rings is 1. The van der Waals surface area contributed by atoms with Gasteiger partial charge in [0.15, 0.2) is 6.54 Å². The van der Waals surface area contributed by atoms with E-state index in [1.165, 1.54) is 0 Å². The summed E-state index contributed by atoms with van der Waals surface area (Å²) < 4.78 is 7.59. The van der Waals surface area contributed by atoms with Crippen LogP contribution in [0.15, 0.2) is 24.3 Å². The van der Waals surface area contributed by atoms with Crippen molar-refractivity contribution in [1.82, 2.24) is 0 Å². The van der Waals surface area contributed by atoms with E-state index >= 15 is 0 Å². The minimum atomic E-state index is -0.232. The van der Waals surface area contributed by atoms with Crippen molar-refractivity contribution < 1.29 is 23.3 Å². The van der Waals surface area contributed by atoms with Crippen LogP contribution in [0, 0.1) is 5.41 Å². The number of carbonyl (C=O) groups is 2. The molecule has 0 aromatic heterocycles. The summed E-state index contributed by atoms with van der Waals surface area (Å²) >= 11 is 0. The number of hydrogen-bond acceptors (Lipinski definition) is 3. The summed E-state index contributed by atoms with van der Waals surface area (Å²) in [6.07, 6.45) is -0.156. The summed E-state index contributed by atoms with van der Waals surface area (Å²) in [5.74, 6) is -0.438.